The maximum atomic E-state index is 14.4. The van der Waals surface area contributed by atoms with Gasteiger partial charge in [-0.15, -0.1) is 0 Å². The number of nitrogens with zero attached hydrogens (tertiary/aromatic N) is 2. The lowest BCUT2D eigenvalue weighted by Gasteiger charge is -2.57. The van der Waals surface area contributed by atoms with Crippen LogP contribution >= 0.6 is 0 Å². The molecule has 0 bridgehead atoms. The summed E-state index contributed by atoms with van der Waals surface area (Å²) in [6, 6.07) is 17.4. The summed E-state index contributed by atoms with van der Waals surface area (Å²) < 4.78 is 14.4. The Labute approximate surface area is 193 Å². The third kappa shape index (κ3) is 4.37. The van der Waals surface area contributed by atoms with Crippen LogP contribution in [0.1, 0.15) is 68.2 Å². The van der Waals surface area contributed by atoms with E-state index in [1.54, 1.807) is 12.1 Å². The van der Waals surface area contributed by atoms with Crippen LogP contribution in [0.3, 0.4) is 0 Å². The molecule has 3 fully saturated rings. The highest BCUT2D eigenvalue weighted by atomic mass is 19.1. The van der Waals surface area contributed by atoms with Gasteiger partial charge in [0.05, 0.1) is 0 Å². The highest BCUT2D eigenvalue weighted by molar-refractivity contribution is 5.33. The zero-order valence-electron chi connectivity index (χ0n) is 19.7. The van der Waals surface area contributed by atoms with Crippen molar-refractivity contribution in [1.82, 2.24) is 15.1 Å². The van der Waals surface area contributed by atoms with Crippen LogP contribution < -0.4 is 5.32 Å². The van der Waals surface area contributed by atoms with E-state index in [9.17, 15) is 4.39 Å². The van der Waals surface area contributed by atoms with Crippen LogP contribution in [-0.4, -0.2) is 48.6 Å². The van der Waals surface area contributed by atoms with E-state index in [2.05, 4.69) is 53.2 Å². The summed E-state index contributed by atoms with van der Waals surface area (Å²) >= 11 is 0. The van der Waals surface area contributed by atoms with E-state index in [0.29, 0.717) is 30.0 Å². The minimum absolute atomic E-state index is 0.0825. The molecule has 0 amide bonds. The van der Waals surface area contributed by atoms with Crippen LogP contribution in [0.5, 0.6) is 0 Å². The maximum absolute atomic E-state index is 14.4. The lowest BCUT2D eigenvalue weighted by molar-refractivity contribution is -0.0651. The highest BCUT2D eigenvalue weighted by Gasteiger charge is 2.49. The third-order valence-corrected chi connectivity index (χ3v) is 8.31. The number of benzene rings is 2. The molecule has 5 rings (SSSR count). The largest absolute Gasteiger partial charge is 0.317 e. The number of piperazine rings is 1. The van der Waals surface area contributed by atoms with Gasteiger partial charge in [0.15, 0.2) is 0 Å². The summed E-state index contributed by atoms with van der Waals surface area (Å²) in [5, 5.41) is 3.54. The van der Waals surface area contributed by atoms with E-state index in [0.717, 1.165) is 25.2 Å². The molecule has 0 aromatic heterocycles. The zero-order valence-corrected chi connectivity index (χ0v) is 19.7. The van der Waals surface area contributed by atoms with E-state index in [1.165, 1.54) is 49.9 Å². The molecule has 4 heteroatoms. The highest BCUT2D eigenvalue weighted by Crippen LogP contribution is 2.52. The van der Waals surface area contributed by atoms with Gasteiger partial charge in [0, 0.05) is 43.8 Å². The molecule has 2 aliphatic heterocycles. The van der Waals surface area contributed by atoms with E-state index in [-0.39, 0.29) is 5.82 Å². The molecule has 1 atom stereocenters. The van der Waals surface area contributed by atoms with Crippen LogP contribution in [0.25, 0.3) is 0 Å². The van der Waals surface area contributed by atoms with Crippen LogP contribution in [0.2, 0.25) is 0 Å². The molecule has 2 aromatic carbocycles. The lowest BCUT2D eigenvalue weighted by atomic mass is 9.60. The summed E-state index contributed by atoms with van der Waals surface area (Å²) in [5.41, 5.74) is 4.34. The first-order valence-electron chi connectivity index (χ1n) is 12.6. The first-order valence-corrected chi connectivity index (χ1v) is 12.6. The Morgan fingerprint density at radius 2 is 1.72 bits per heavy atom. The van der Waals surface area contributed by atoms with Gasteiger partial charge in [-0.1, -0.05) is 56.3 Å². The molecule has 2 heterocycles. The Bertz CT molecular complexity index is 912. The van der Waals surface area contributed by atoms with Crippen molar-refractivity contribution in [3.63, 3.8) is 0 Å². The van der Waals surface area contributed by atoms with Gasteiger partial charge < -0.3 is 5.32 Å². The Morgan fingerprint density at radius 1 is 1.00 bits per heavy atom. The Hall–Kier alpha value is -1.75. The van der Waals surface area contributed by atoms with Crippen molar-refractivity contribution in [2.45, 2.75) is 64.1 Å². The lowest BCUT2D eigenvalue weighted by Crippen LogP contribution is -2.59. The average molecular weight is 436 g/mol. The second-order valence-corrected chi connectivity index (χ2v) is 10.7. The van der Waals surface area contributed by atoms with Crippen LogP contribution in [0, 0.1) is 11.2 Å². The molecule has 3 nitrogen and oxygen atoms in total. The predicted octanol–water partition coefficient (Wildman–Crippen LogP) is 5.34. The molecule has 2 aromatic rings. The fourth-order valence-electron chi connectivity index (χ4n) is 6.46. The number of hydrogen-bond donors (Lipinski definition) is 1. The summed E-state index contributed by atoms with van der Waals surface area (Å²) in [6.45, 7) is 10.7. The molecular formula is C28H38FN3. The van der Waals surface area contributed by atoms with Gasteiger partial charge in [-0.3, -0.25) is 9.80 Å². The van der Waals surface area contributed by atoms with Crippen molar-refractivity contribution in [2.75, 3.05) is 32.7 Å². The Kier molecular flexibility index (Phi) is 6.37. The Morgan fingerprint density at radius 3 is 2.47 bits per heavy atom. The van der Waals surface area contributed by atoms with Gasteiger partial charge in [0.25, 0.3) is 0 Å². The first-order chi connectivity index (χ1) is 15.5. The van der Waals surface area contributed by atoms with Gasteiger partial charge in [-0.2, -0.15) is 0 Å². The second kappa shape index (κ2) is 9.24. The van der Waals surface area contributed by atoms with Gasteiger partial charge in [-0.05, 0) is 67.3 Å². The van der Waals surface area contributed by atoms with Crippen LogP contribution in [0.15, 0.2) is 48.5 Å². The van der Waals surface area contributed by atoms with Crippen molar-refractivity contribution >= 4 is 0 Å². The third-order valence-electron chi connectivity index (χ3n) is 8.31. The molecule has 3 aliphatic rings. The molecule has 1 aliphatic carbocycles. The Balaban J connectivity index is 1.38. The fourth-order valence-corrected chi connectivity index (χ4v) is 6.46. The van der Waals surface area contributed by atoms with Crippen molar-refractivity contribution in [3.8, 4) is 0 Å². The summed E-state index contributed by atoms with van der Waals surface area (Å²) in [5.74, 6) is 0.424. The van der Waals surface area contributed by atoms with Crippen LogP contribution in [-0.2, 0) is 6.54 Å². The zero-order chi connectivity index (χ0) is 22.1. The van der Waals surface area contributed by atoms with Gasteiger partial charge in [0.1, 0.15) is 5.82 Å². The number of rotatable bonds is 5. The standard InChI is InChI=1S/C28H38FN3/c1-21(2)24-8-4-5-9-25(24)27-20-31(19-22-7-3-6-10-26(22)29)15-16-32(27)23-17-28(18-23)11-13-30-14-12-28/h3-10,21,23,27,30H,11-20H2,1-2H3. The monoisotopic (exact) mass is 435 g/mol. The molecule has 1 unspecified atom stereocenters. The average Bonchev–Trinajstić information content (AvgIpc) is 2.79. The number of nitrogens with one attached hydrogen (secondary N) is 1. The molecule has 1 saturated carbocycles. The fraction of sp³-hybridized carbons (Fsp3) is 0.571. The van der Waals surface area contributed by atoms with Gasteiger partial charge in [-0.25, -0.2) is 4.39 Å². The van der Waals surface area contributed by atoms with Crippen molar-refractivity contribution in [1.29, 1.82) is 0 Å². The van der Waals surface area contributed by atoms with Gasteiger partial charge >= 0.3 is 0 Å². The van der Waals surface area contributed by atoms with Crippen molar-refractivity contribution in [3.05, 3.63) is 71.0 Å². The minimum Gasteiger partial charge on any atom is -0.317 e. The smallest absolute Gasteiger partial charge is 0.127 e. The molecule has 172 valence electrons. The van der Waals surface area contributed by atoms with Crippen LogP contribution in [0.4, 0.5) is 4.39 Å². The summed E-state index contributed by atoms with van der Waals surface area (Å²) in [6.07, 6.45) is 5.37. The van der Waals surface area contributed by atoms with E-state index >= 15 is 0 Å². The summed E-state index contributed by atoms with van der Waals surface area (Å²) in [4.78, 5) is 5.28. The normalized spacial score (nSPS) is 24.7. The van der Waals surface area contributed by atoms with E-state index in [4.69, 9.17) is 0 Å². The quantitative estimate of drug-likeness (QED) is 0.684. The van der Waals surface area contributed by atoms with Crippen molar-refractivity contribution < 1.29 is 4.39 Å². The SMILES string of the molecule is CC(C)c1ccccc1C1CN(Cc2ccccc2F)CCN1C1CC2(CCNCC2)C1. The van der Waals surface area contributed by atoms with E-state index < -0.39 is 0 Å². The molecule has 1 spiro atoms. The van der Waals surface area contributed by atoms with Crippen molar-refractivity contribution in [2.24, 2.45) is 5.41 Å². The molecular weight excluding hydrogens is 397 g/mol. The summed E-state index contributed by atoms with van der Waals surface area (Å²) in [7, 11) is 0. The minimum atomic E-state index is -0.0825. The molecule has 2 saturated heterocycles. The maximum Gasteiger partial charge on any atom is 0.127 e. The second-order valence-electron chi connectivity index (χ2n) is 10.7. The molecule has 32 heavy (non-hydrogen) atoms. The predicted molar refractivity (Wildman–Crippen MR) is 129 cm³/mol. The number of halogens is 1. The molecule has 1 N–H and O–H groups in total. The molecule has 0 radical (unpaired) electrons. The number of hydrogen-bond acceptors (Lipinski definition) is 3. The van der Waals surface area contributed by atoms with E-state index in [1.807, 2.05) is 12.1 Å². The number of piperidine rings is 1. The first kappa shape index (κ1) is 22.1. The topological polar surface area (TPSA) is 18.5 Å². The van der Waals surface area contributed by atoms with Gasteiger partial charge in [0.2, 0.25) is 0 Å².